The molecular formula is C28H21BrO. The molecule has 0 N–H and O–H groups in total. The van der Waals surface area contributed by atoms with Crippen LogP contribution in [-0.4, -0.2) is 0 Å². The fourth-order valence-electron chi connectivity index (χ4n) is 4.21. The van der Waals surface area contributed by atoms with Gasteiger partial charge < -0.3 is 4.42 Å². The minimum Gasteiger partial charge on any atom is -0.455 e. The largest absolute Gasteiger partial charge is 0.455 e. The number of hydrogen-bond donors (Lipinski definition) is 0. The van der Waals surface area contributed by atoms with Gasteiger partial charge in [0.1, 0.15) is 11.2 Å². The Kier molecular flexibility index (Phi) is 4.80. The average Bonchev–Trinajstić information content (AvgIpc) is 3.19. The summed E-state index contributed by atoms with van der Waals surface area (Å²) in [7, 11) is 0. The second-order valence-electron chi connectivity index (χ2n) is 7.37. The van der Waals surface area contributed by atoms with E-state index in [1.807, 2.05) is 6.92 Å². The van der Waals surface area contributed by atoms with Crippen molar-refractivity contribution in [1.29, 1.82) is 0 Å². The highest BCUT2D eigenvalue weighted by atomic mass is 79.9. The number of hydrogen-bond acceptors (Lipinski definition) is 1. The summed E-state index contributed by atoms with van der Waals surface area (Å²) >= 11 is 3.68. The number of allylic oxidation sites excluding steroid dienone is 4. The molecule has 0 aliphatic heterocycles. The normalized spacial score (nSPS) is 12.9. The molecule has 4 aromatic carbocycles. The van der Waals surface area contributed by atoms with Gasteiger partial charge in [-0.3, -0.25) is 0 Å². The lowest BCUT2D eigenvalue weighted by Gasteiger charge is -2.09. The SMILES string of the molecule is C/C=C(\C(Br)=C/C)c1cccc(-c2cccc3c2oc2c4ccccc4ccc32)c1. The number of furan rings is 1. The zero-order valence-electron chi connectivity index (χ0n) is 16.9. The Morgan fingerprint density at radius 3 is 2.33 bits per heavy atom. The molecule has 30 heavy (non-hydrogen) atoms. The van der Waals surface area contributed by atoms with Crippen molar-refractivity contribution in [3.63, 3.8) is 0 Å². The van der Waals surface area contributed by atoms with Crippen molar-refractivity contribution in [2.24, 2.45) is 0 Å². The maximum absolute atomic E-state index is 6.51. The molecule has 1 aromatic heterocycles. The Balaban J connectivity index is 1.76. The highest BCUT2D eigenvalue weighted by molar-refractivity contribution is 9.12. The van der Waals surface area contributed by atoms with Crippen LogP contribution in [0.15, 0.2) is 99.9 Å². The maximum atomic E-state index is 6.51. The highest BCUT2D eigenvalue weighted by Gasteiger charge is 2.15. The Hall–Kier alpha value is -3.10. The Morgan fingerprint density at radius 2 is 1.50 bits per heavy atom. The van der Waals surface area contributed by atoms with Crippen molar-refractivity contribution in [3.05, 3.63) is 101 Å². The predicted octanol–water partition coefficient (Wildman–Crippen LogP) is 9.11. The molecular weight excluding hydrogens is 432 g/mol. The van der Waals surface area contributed by atoms with E-state index in [0.717, 1.165) is 42.9 Å². The van der Waals surface area contributed by atoms with E-state index in [0.29, 0.717) is 0 Å². The Bertz CT molecular complexity index is 1470. The second kappa shape index (κ2) is 7.62. The summed E-state index contributed by atoms with van der Waals surface area (Å²) in [5.74, 6) is 0. The number of para-hydroxylation sites is 1. The summed E-state index contributed by atoms with van der Waals surface area (Å²) in [6, 6.07) is 27.8. The fourth-order valence-corrected chi connectivity index (χ4v) is 4.66. The summed E-state index contributed by atoms with van der Waals surface area (Å²) in [5, 5.41) is 4.66. The summed E-state index contributed by atoms with van der Waals surface area (Å²) in [6.45, 7) is 4.11. The number of fused-ring (bicyclic) bond motifs is 5. The molecule has 0 radical (unpaired) electrons. The molecule has 0 atom stereocenters. The number of rotatable bonds is 3. The van der Waals surface area contributed by atoms with E-state index in [1.54, 1.807) is 0 Å². The quantitative estimate of drug-likeness (QED) is 0.248. The summed E-state index contributed by atoms with van der Waals surface area (Å²) in [5.41, 5.74) is 6.52. The molecule has 0 aliphatic rings. The van der Waals surface area contributed by atoms with E-state index in [9.17, 15) is 0 Å². The van der Waals surface area contributed by atoms with Crippen LogP contribution in [0.1, 0.15) is 19.4 Å². The van der Waals surface area contributed by atoms with Crippen LogP contribution in [-0.2, 0) is 0 Å². The van der Waals surface area contributed by atoms with Gasteiger partial charge >= 0.3 is 0 Å². The molecule has 0 fully saturated rings. The molecule has 0 amide bonds. The monoisotopic (exact) mass is 452 g/mol. The van der Waals surface area contributed by atoms with Gasteiger partial charge in [0.2, 0.25) is 0 Å². The lowest BCUT2D eigenvalue weighted by molar-refractivity contribution is 0.674. The van der Waals surface area contributed by atoms with Gasteiger partial charge in [-0.15, -0.1) is 0 Å². The Labute approximate surface area is 184 Å². The van der Waals surface area contributed by atoms with Crippen LogP contribution in [0.4, 0.5) is 0 Å². The van der Waals surface area contributed by atoms with Crippen LogP contribution < -0.4 is 0 Å². The lowest BCUT2D eigenvalue weighted by Crippen LogP contribution is -1.86. The van der Waals surface area contributed by atoms with Gasteiger partial charge in [-0.2, -0.15) is 0 Å². The summed E-state index contributed by atoms with van der Waals surface area (Å²) in [4.78, 5) is 0. The van der Waals surface area contributed by atoms with E-state index in [2.05, 4.69) is 114 Å². The molecule has 5 rings (SSSR count). The molecule has 0 spiro atoms. The summed E-state index contributed by atoms with van der Waals surface area (Å²) < 4.78 is 7.60. The number of benzene rings is 4. The topological polar surface area (TPSA) is 13.1 Å². The van der Waals surface area contributed by atoms with Crippen molar-refractivity contribution in [2.75, 3.05) is 0 Å². The maximum Gasteiger partial charge on any atom is 0.143 e. The zero-order chi connectivity index (χ0) is 20.7. The van der Waals surface area contributed by atoms with E-state index >= 15 is 0 Å². The third kappa shape index (κ3) is 3.00. The van der Waals surface area contributed by atoms with Crippen molar-refractivity contribution < 1.29 is 4.42 Å². The molecule has 146 valence electrons. The van der Waals surface area contributed by atoms with Crippen LogP contribution in [0.2, 0.25) is 0 Å². The third-order valence-electron chi connectivity index (χ3n) is 5.67. The Morgan fingerprint density at radius 1 is 0.733 bits per heavy atom. The smallest absolute Gasteiger partial charge is 0.143 e. The van der Waals surface area contributed by atoms with Crippen LogP contribution >= 0.6 is 15.9 Å². The minimum absolute atomic E-state index is 0.938. The van der Waals surface area contributed by atoms with Crippen molar-refractivity contribution >= 4 is 54.2 Å². The molecule has 0 saturated heterocycles. The molecule has 1 nitrogen and oxygen atoms in total. The first-order valence-electron chi connectivity index (χ1n) is 10.1. The standard InChI is InChI=1S/C28H21BrO/c1-3-21(26(29)4-2)19-10-7-11-20(17-19)23-13-8-14-24-25-16-15-18-9-5-6-12-22(18)27(25)30-28(23)24/h3-17H,1-2H3/b21-3-,26-4+. The first-order chi connectivity index (χ1) is 14.7. The molecule has 0 bridgehead atoms. The third-order valence-corrected chi connectivity index (χ3v) is 6.56. The van der Waals surface area contributed by atoms with Gasteiger partial charge in [-0.05, 0) is 48.1 Å². The number of halogens is 1. The van der Waals surface area contributed by atoms with Crippen molar-refractivity contribution in [2.45, 2.75) is 13.8 Å². The van der Waals surface area contributed by atoms with E-state index < -0.39 is 0 Å². The van der Waals surface area contributed by atoms with Crippen molar-refractivity contribution in [1.82, 2.24) is 0 Å². The van der Waals surface area contributed by atoms with Gasteiger partial charge in [-0.25, -0.2) is 0 Å². The molecule has 0 saturated carbocycles. The zero-order valence-corrected chi connectivity index (χ0v) is 18.5. The van der Waals surface area contributed by atoms with Gasteiger partial charge in [0, 0.05) is 26.2 Å². The molecule has 0 unspecified atom stereocenters. The molecule has 0 aliphatic carbocycles. The second-order valence-corrected chi connectivity index (χ2v) is 8.22. The van der Waals surface area contributed by atoms with Crippen molar-refractivity contribution in [3.8, 4) is 11.1 Å². The van der Waals surface area contributed by atoms with E-state index in [-0.39, 0.29) is 0 Å². The van der Waals surface area contributed by atoms with Crippen LogP contribution in [0.5, 0.6) is 0 Å². The van der Waals surface area contributed by atoms with Gasteiger partial charge in [0.25, 0.3) is 0 Å². The minimum atomic E-state index is 0.938. The van der Waals surface area contributed by atoms with Crippen LogP contribution in [0.3, 0.4) is 0 Å². The lowest BCUT2D eigenvalue weighted by atomic mass is 9.97. The van der Waals surface area contributed by atoms with E-state index in [4.69, 9.17) is 4.42 Å². The molecule has 5 aromatic rings. The van der Waals surface area contributed by atoms with Gasteiger partial charge in [0.15, 0.2) is 0 Å². The highest BCUT2D eigenvalue weighted by Crippen LogP contribution is 2.39. The predicted molar refractivity (Wildman–Crippen MR) is 133 cm³/mol. The van der Waals surface area contributed by atoms with Gasteiger partial charge in [0.05, 0.1) is 0 Å². The first kappa shape index (κ1) is 18.9. The fraction of sp³-hybridized carbons (Fsp3) is 0.0714. The molecule has 2 heteroatoms. The van der Waals surface area contributed by atoms with Crippen LogP contribution in [0, 0.1) is 0 Å². The first-order valence-corrected chi connectivity index (χ1v) is 10.9. The van der Waals surface area contributed by atoms with Gasteiger partial charge in [-0.1, -0.05) is 94.8 Å². The molecule has 1 heterocycles. The van der Waals surface area contributed by atoms with E-state index in [1.165, 1.54) is 16.5 Å². The average molecular weight is 453 g/mol. The van der Waals surface area contributed by atoms with Crippen LogP contribution in [0.25, 0.3) is 49.4 Å². The summed E-state index contributed by atoms with van der Waals surface area (Å²) in [6.07, 6.45) is 4.21.